The van der Waals surface area contributed by atoms with Gasteiger partial charge in [0.05, 0.1) is 32.2 Å². The molecule has 13 heteroatoms. The van der Waals surface area contributed by atoms with Gasteiger partial charge in [-0.15, -0.1) is 0 Å². The third-order valence-electron chi connectivity index (χ3n) is 4.69. The molecule has 0 fully saturated rings. The van der Waals surface area contributed by atoms with Crippen LogP contribution in [0.2, 0.25) is 0 Å². The van der Waals surface area contributed by atoms with Crippen LogP contribution in [-0.2, 0) is 17.1 Å². The van der Waals surface area contributed by atoms with Crippen LogP contribution in [0, 0.1) is 30.6 Å². The fraction of sp³-hybridized carbons (Fsp3) is 0. The molecule has 1 radical (unpaired) electrons. The van der Waals surface area contributed by atoms with E-state index in [1.54, 1.807) is 24.8 Å². The molecule has 0 spiro atoms. The van der Waals surface area contributed by atoms with E-state index < -0.39 is 10.2 Å². The molecule has 0 aliphatic carbocycles. The molecule has 0 atom stereocenters. The first kappa shape index (κ1) is 28.2. The Hall–Kier alpha value is -5.00. The van der Waals surface area contributed by atoms with Crippen molar-refractivity contribution < 1.29 is 27.2 Å². The molecule has 12 nitrogen and oxygen atoms in total. The van der Waals surface area contributed by atoms with Crippen molar-refractivity contribution in [3.63, 3.8) is 0 Å². The van der Waals surface area contributed by atoms with Gasteiger partial charge in [-0.2, -0.15) is 0 Å². The average molecular weight is 539 g/mol. The number of fused-ring (bicyclic) bond motifs is 6. The summed E-state index contributed by atoms with van der Waals surface area (Å²) in [4.78, 5) is 33.9. The number of hydrogen-bond donors (Lipinski definition) is 0. The van der Waals surface area contributed by atoms with Crippen molar-refractivity contribution in [3.05, 3.63) is 128 Å². The second kappa shape index (κ2) is 13.8. The van der Waals surface area contributed by atoms with Gasteiger partial charge in [-0.3, -0.25) is 19.9 Å². The standard InChI is InChI=1S/2C12H8N2.Mn.2NO3/c2*1-3-9-5-6-10-4-2-8-14-12(10)11(9)13-7-1;;2*2-1(3)4/h2*1-8H;;;/q;;+2;2*-1. The van der Waals surface area contributed by atoms with Crippen LogP contribution >= 0.6 is 0 Å². The molecule has 6 aromatic rings. The fourth-order valence-electron chi connectivity index (χ4n) is 3.36. The second-order valence-electron chi connectivity index (χ2n) is 6.88. The number of benzene rings is 2. The van der Waals surface area contributed by atoms with Crippen LogP contribution in [0.4, 0.5) is 0 Å². The summed E-state index contributed by atoms with van der Waals surface area (Å²) >= 11 is 0. The summed E-state index contributed by atoms with van der Waals surface area (Å²) in [6.45, 7) is 0. The summed E-state index contributed by atoms with van der Waals surface area (Å²) in [5.41, 5.74) is 3.91. The molecular formula is C24H16MnN6O6. The topological polar surface area (TPSA) is 184 Å². The molecule has 0 unspecified atom stereocenters. The minimum atomic E-state index is -1.75. The first-order valence-corrected chi connectivity index (χ1v) is 10.2. The molecule has 0 aliphatic heterocycles. The Kier molecular flexibility index (Phi) is 10.5. The molecule has 0 bridgehead atoms. The van der Waals surface area contributed by atoms with E-state index in [0.29, 0.717) is 0 Å². The number of hydrogen-bond acceptors (Lipinski definition) is 10. The zero-order chi connectivity index (χ0) is 25.9. The van der Waals surface area contributed by atoms with Crippen LogP contribution in [0.15, 0.2) is 97.6 Å². The number of pyridine rings is 4. The van der Waals surface area contributed by atoms with Crippen molar-refractivity contribution in [1.82, 2.24) is 19.9 Å². The number of nitrogens with zero attached hydrogens (tertiary/aromatic N) is 6. The first-order valence-electron chi connectivity index (χ1n) is 10.2. The van der Waals surface area contributed by atoms with Crippen LogP contribution in [0.3, 0.4) is 0 Å². The van der Waals surface area contributed by atoms with Crippen molar-refractivity contribution in [2.45, 2.75) is 0 Å². The quantitative estimate of drug-likeness (QED) is 0.109. The third-order valence-corrected chi connectivity index (χ3v) is 4.69. The normalized spacial score (nSPS) is 9.51. The van der Waals surface area contributed by atoms with E-state index in [9.17, 15) is 0 Å². The summed E-state index contributed by atoms with van der Waals surface area (Å²) in [6.07, 6.45) is 7.21. The molecule has 0 N–H and O–H groups in total. The number of aromatic nitrogens is 4. The van der Waals surface area contributed by atoms with E-state index in [2.05, 4.69) is 68.5 Å². The zero-order valence-corrected chi connectivity index (χ0v) is 19.9. The Morgan fingerprint density at radius 2 is 0.622 bits per heavy atom. The Balaban J connectivity index is 0.000000199. The smallest absolute Gasteiger partial charge is 0.356 e. The van der Waals surface area contributed by atoms with Gasteiger partial charge in [0.25, 0.3) is 0 Å². The molecule has 0 amide bonds. The second-order valence-corrected chi connectivity index (χ2v) is 6.88. The Labute approximate surface area is 219 Å². The predicted octanol–water partition coefficient (Wildman–Crippen LogP) is 5.09. The molecule has 37 heavy (non-hydrogen) atoms. The maximum absolute atomic E-state index is 8.25. The van der Waals surface area contributed by atoms with Crippen molar-refractivity contribution in [1.29, 1.82) is 0 Å². The van der Waals surface area contributed by atoms with Gasteiger partial charge in [0, 0.05) is 46.3 Å². The summed E-state index contributed by atoms with van der Waals surface area (Å²) in [7, 11) is 0. The average Bonchev–Trinajstić information content (AvgIpc) is 2.88. The van der Waals surface area contributed by atoms with E-state index >= 15 is 0 Å². The molecule has 0 aliphatic rings. The van der Waals surface area contributed by atoms with E-state index in [0.717, 1.165) is 43.6 Å². The van der Waals surface area contributed by atoms with Gasteiger partial charge in [0.15, 0.2) is 0 Å². The minimum Gasteiger partial charge on any atom is -0.356 e. The van der Waals surface area contributed by atoms with Gasteiger partial charge >= 0.3 is 17.1 Å². The molecular weight excluding hydrogens is 523 g/mol. The molecule has 4 heterocycles. The Bertz CT molecular complexity index is 1410. The maximum Gasteiger partial charge on any atom is 2.00 e. The minimum absolute atomic E-state index is 0. The monoisotopic (exact) mass is 539 g/mol. The van der Waals surface area contributed by atoms with Gasteiger partial charge in [-0.05, 0) is 24.3 Å². The van der Waals surface area contributed by atoms with Crippen LogP contribution in [-0.4, -0.2) is 30.1 Å². The van der Waals surface area contributed by atoms with Crippen molar-refractivity contribution in [3.8, 4) is 0 Å². The Morgan fingerprint density at radius 3 is 0.811 bits per heavy atom. The molecule has 0 saturated carbocycles. The third kappa shape index (κ3) is 8.02. The maximum atomic E-state index is 8.25. The number of rotatable bonds is 0. The van der Waals surface area contributed by atoms with Crippen LogP contribution in [0.5, 0.6) is 0 Å². The summed E-state index contributed by atoms with van der Waals surface area (Å²) in [6, 6.07) is 24.3. The summed E-state index contributed by atoms with van der Waals surface area (Å²) in [5, 5.41) is 34.1. The van der Waals surface area contributed by atoms with Crippen LogP contribution in [0.25, 0.3) is 43.6 Å². The van der Waals surface area contributed by atoms with E-state index in [1.807, 2.05) is 24.3 Å². The zero-order valence-electron chi connectivity index (χ0n) is 18.7. The molecule has 6 rings (SSSR count). The van der Waals surface area contributed by atoms with Crippen molar-refractivity contribution >= 4 is 43.6 Å². The molecule has 4 aromatic heterocycles. The SMILES string of the molecule is O=[N+]([O-])[O-].O=[N+]([O-])[O-].[Mn+2].c1cnc2c(c1)ccc1cccnc12.c1cnc2c(c1)ccc1cccnc12. The van der Waals surface area contributed by atoms with E-state index in [1.165, 1.54) is 0 Å². The van der Waals surface area contributed by atoms with Gasteiger partial charge in [-0.25, -0.2) is 0 Å². The largest absolute Gasteiger partial charge is 2.00 e. The van der Waals surface area contributed by atoms with E-state index in [4.69, 9.17) is 30.6 Å². The molecule has 185 valence electrons. The summed E-state index contributed by atoms with van der Waals surface area (Å²) < 4.78 is 0. The van der Waals surface area contributed by atoms with Crippen LogP contribution < -0.4 is 0 Å². The summed E-state index contributed by atoms with van der Waals surface area (Å²) in [5.74, 6) is 0. The first-order chi connectivity index (χ1) is 17.4. The van der Waals surface area contributed by atoms with Gasteiger partial charge in [-0.1, -0.05) is 48.5 Å². The van der Waals surface area contributed by atoms with Crippen LogP contribution in [0.1, 0.15) is 0 Å². The van der Waals surface area contributed by atoms with Crippen molar-refractivity contribution in [2.75, 3.05) is 0 Å². The Morgan fingerprint density at radius 1 is 0.432 bits per heavy atom. The predicted molar refractivity (Wildman–Crippen MR) is 135 cm³/mol. The van der Waals surface area contributed by atoms with Gasteiger partial charge in [0.1, 0.15) is 0 Å². The fourth-order valence-corrected chi connectivity index (χ4v) is 3.36. The van der Waals surface area contributed by atoms with Gasteiger partial charge in [0.2, 0.25) is 0 Å². The van der Waals surface area contributed by atoms with Gasteiger partial charge < -0.3 is 30.6 Å². The van der Waals surface area contributed by atoms with Crippen molar-refractivity contribution in [2.24, 2.45) is 0 Å². The van der Waals surface area contributed by atoms with E-state index in [-0.39, 0.29) is 17.1 Å². The molecule has 0 saturated heterocycles. The molecule has 2 aromatic carbocycles.